The molecule has 0 radical (unpaired) electrons. The van der Waals surface area contributed by atoms with Crippen LogP contribution in [0.4, 0.5) is 0 Å². The number of hydrogen-bond acceptors (Lipinski definition) is 2. The SMILES string of the molecule is CCNC(CC)c1ccc(Cl)cn1. The predicted octanol–water partition coefficient (Wildman–Crippen LogP) is 2.80. The largest absolute Gasteiger partial charge is 0.309 e. The van der Waals surface area contributed by atoms with Crippen molar-refractivity contribution in [3.05, 3.63) is 29.0 Å². The zero-order chi connectivity index (χ0) is 9.68. The summed E-state index contributed by atoms with van der Waals surface area (Å²) in [7, 11) is 0. The summed E-state index contributed by atoms with van der Waals surface area (Å²) >= 11 is 5.75. The second kappa shape index (κ2) is 5.20. The second-order valence-corrected chi connectivity index (χ2v) is 3.36. The van der Waals surface area contributed by atoms with Crippen molar-refractivity contribution in [3.8, 4) is 0 Å². The Labute approximate surface area is 84.3 Å². The molecule has 72 valence electrons. The predicted molar refractivity (Wildman–Crippen MR) is 56.0 cm³/mol. The number of nitrogens with one attached hydrogen (secondary N) is 1. The normalized spacial score (nSPS) is 12.8. The van der Waals surface area contributed by atoms with Crippen LogP contribution in [0.25, 0.3) is 0 Å². The van der Waals surface area contributed by atoms with E-state index in [1.54, 1.807) is 6.20 Å². The van der Waals surface area contributed by atoms with Gasteiger partial charge in [-0.15, -0.1) is 0 Å². The fraction of sp³-hybridized carbons (Fsp3) is 0.500. The standard InChI is InChI=1S/C10H15ClN2/c1-3-9(12-4-2)10-6-5-8(11)7-13-10/h5-7,9,12H,3-4H2,1-2H3. The van der Waals surface area contributed by atoms with Crippen molar-refractivity contribution in [3.63, 3.8) is 0 Å². The van der Waals surface area contributed by atoms with E-state index in [4.69, 9.17) is 11.6 Å². The van der Waals surface area contributed by atoms with Crippen molar-refractivity contribution in [1.82, 2.24) is 10.3 Å². The van der Waals surface area contributed by atoms with Crippen LogP contribution in [0.2, 0.25) is 5.02 Å². The molecular weight excluding hydrogens is 184 g/mol. The van der Waals surface area contributed by atoms with Crippen LogP contribution in [0.5, 0.6) is 0 Å². The van der Waals surface area contributed by atoms with Gasteiger partial charge in [-0.05, 0) is 25.1 Å². The van der Waals surface area contributed by atoms with E-state index >= 15 is 0 Å². The molecule has 0 spiro atoms. The molecule has 0 saturated heterocycles. The third-order valence-corrected chi connectivity index (χ3v) is 2.19. The van der Waals surface area contributed by atoms with Crippen LogP contribution < -0.4 is 5.32 Å². The molecule has 1 aromatic rings. The lowest BCUT2D eigenvalue weighted by molar-refractivity contribution is 0.525. The number of nitrogens with zero attached hydrogens (tertiary/aromatic N) is 1. The van der Waals surface area contributed by atoms with E-state index in [-0.39, 0.29) is 0 Å². The maximum absolute atomic E-state index is 5.75. The van der Waals surface area contributed by atoms with Gasteiger partial charge in [0.25, 0.3) is 0 Å². The summed E-state index contributed by atoms with van der Waals surface area (Å²) in [5.74, 6) is 0. The molecule has 0 saturated carbocycles. The molecule has 1 aromatic heterocycles. The van der Waals surface area contributed by atoms with Crippen molar-refractivity contribution in [2.24, 2.45) is 0 Å². The number of pyridine rings is 1. The average Bonchev–Trinajstić information content (AvgIpc) is 2.16. The molecule has 3 heteroatoms. The van der Waals surface area contributed by atoms with Gasteiger partial charge in [0, 0.05) is 12.2 Å². The Bertz CT molecular complexity index is 246. The third-order valence-electron chi connectivity index (χ3n) is 1.97. The number of hydrogen-bond donors (Lipinski definition) is 1. The first kappa shape index (κ1) is 10.5. The lowest BCUT2D eigenvalue weighted by Crippen LogP contribution is -2.20. The van der Waals surface area contributed by atoms with Crippen LogP contribution in [-0.4, -0.2) is 11.5 Å². The summed E-state index contributed by atoms with van der Waals surface area (Å²) in [4.78, 5) is 4.27. The molecule has 1 rings (SSSR count). The average molecular weight is 199 g/mol. The highest BCUT2D eigenvalue weighted by Gasteiger charge is 2.07. The lowest BCUT2D eigenvalue weighted by atomic mass is 10.1. The van der Waals surface area contributed by atoms with Gasteiger partial charge < -0.3 is 5.32 Å². The van der Waals surface area contributed by atoms with Crippen molar-refractivity contribution in [2.75, 3.05) is 6.54 Å². The highest BCUT2D eigenvalue weighted by Crippen LogP contribution is 2.15. The highest BCUT2D eigenvalue weighted by atomic mass is 35.5. The highest BCUT2D eigenvalue weighted by molar-refractivity contribution is 6.30. The number of aromatic nitrogens is 1. The minimum Gasteiger partial charge on any atom is -0.309 e. The zero-order valence-corrected chi connectivity index (χ0v) is 8.80. The maximum Gasteiger partial charge on any atom is 0.0589 e. The quantitative estimate of drug-likeness (QED) is 0.805. The summed E-state index contributed by atoms with van der Waals surface area (Å²) in [6.07, 6.45) is 2.74. The molecule has 1 unspecified atom stereocenters. The molecule has 0 aliphatic rings. The molecular formula is C10H15ClN2. The van der Waals surface area contributed by atoms with Gasteiger partial charge in [0.15, 0.2) is 0 Å². The van der Waals surface area contributed by atoms with Crippen LogP contribution in [0, 0.1) is 0 Å². The molecule has 13 heavy (non-hydrogen) atoms. The first-order valence-corrected chi connectivity index (χ1v) is 5.00. The molecule has 0 bridgehead atoms. The Morgan fingerprint density at radius 1 is 1.46 bits per heavy atom. The Kier molecular flexibility index (Phi) is 4.19. The molecule has 2 nitrogen and oxygen atoms in total. The molecule has 0 fully saturated rings. The monoisotopic (exact) mass is 198 g/mol. The molecule has 1 heterocycles. The van der Waals surface area contributed by atoms with Crippen molar-refractivity contribution < 1.29 is 0 Å². The zero-order valence-electron chi connectivity index (χ0n) is 8.05. The van der Waals surface area contributed by atoms with Crippen molar-refractivity contribution in [1.29, 1.82) is 0 Å². The van der Waals surface area contributed by atoms with Crippen LogP contribution in [0.3, 0.4) is 0 Å². The van der Waals surface area contributed by atoms with Crippen LogP contribution >= 0.6 is 11.6 Å². The summed E-state index contributed by atoms with van der Waals surface area (Å²) in [5.41, 5.74) is 1.06. The fourth-order valence-electron chi connectivity index (χ4n) is 1.30. The van der Waals surface area contributed by atoms with Crippen molar-refractivity contribution in [2.45, 2.75) is 26.3 Å². The van der Waals surface area contributed by atoms with Crippen LogP contribution in [0.15, 0.2) is 18.3 Å². The van der Waals surface area contributed by atoms with Gasteiger partial charge in [-0.25, -0.2) is 0 Å². The Balaban J connectivity index is 2.73. The van der Waals surface area contributed by atoms with Gasteiger partial charge in [0.2, 0.25) is 0 Å². The minimum atomic E-state index is 0.349. The van der Waals surface area contributed by atoms with E-state index in [1.807, 2.05) is 12.1 Å². The molecule has 0 aromatic carbocycles. The Morgan fingerprint density at radius 3 is 2.69 bits per heavy atom. The first-order valence-electron chi connectivity index (χ1n) is 4.62. The summed E-state index contributed by atoms with van der Waals surface area (Å²) in [6.45, 7) is 5.20. The second-order valence-electron chi connectivity index (χ2n) is 2.92. The Hall–Kier alpha value is -0.600. The van der Waals surface area contributed by atoms with Gasteiger partial charge in [0.05, 0.1) is 10.7 Å². The van der Waals surface area contributed by atoms with E-state index in [2.05, 4.69) is 24.1 Å². The van der Waals surface area contributed by atoms with E-state index in [0.29, 0.717) is 11.1 Å². The van der Waals surface area contributed by atoms with E-state index in [9.17, 15) is 0 Å². The van der Waals surface area contributed by atoms with Crippen LogP contribution in [0.1, 0.15) is 32.0 Å². The fourth-order valence-corrected chi connectivity index (χ4v) is 1.41. The van der Waals surface area contributed by atoms with E-state index in [0.717, 1.165) is 18.7 Å². The summed E-state index contributed by atoms with van der Waals surface area (Å²) in [6, 6.07) is 4.20. The lowest BCUT2D eigenvalue weighted by Gasteiger charge is -2.14. The first-order chi connectivity index (χ1) is 6.27. The Morgan fingerprint density at radius 2 is 2.23 bits per heavy atom. The summed E-state index contributed by atoms with van der Waals surface area (Å²) in [5, 5.41) is 4.05. The topological polar surface area (TPSA) is 24.9 Å². The van der Waals surface area contributed by atoms with Gasteiger partial charge in [0.1, 0.15) is 0 Å². The van der Waals surface area contributed by atoms with Gasteiger partial charge in [-0.2, -0.15) is 0 Å². The van der Waals surface area contributed by atoms with E-state index < -0.39 is 0 Å². The van der Waals surface area contributed by atoms with Gasteiger partial charge in [-0.3, -0.25) is 4.98 Å². The van der Waals surface area contributed by atoms with Gasteiger partial charge >= 0.3 is 0 Å². The minimum absolute atomic E-state index is 0.349. The maximum atomic E-state index is 5.75. The van der Waals surface area contributed by atoms with Crippen molar-refractivity contribution >= 4 is 11.6 Å². The molecule has 0 amide bonds. The molecule has 1 N–H and O–H groups in total. The molecule has 0 aliphatic carbocycles. The third kappa shape index (κ3) is 2.98. The number of rotatable bonds is 4. The summed E-state index contributed by atoms with van der Waals surface area (Å²) < 4.78 is 0. The number of halogens is 1. The smallest absolute Gasteiger partial charge is 0.0589 e. The molecule has 1 atom stereocenters. The van der Waals surface area contributed by atoms with Crippen LogP contribution in [-0.2, 0) is 0 Å². The molecule has 0 aliphatic heterocycles. The van der Waals surface area contributed by atoms with Gasteiger partial charge in [-0.1, -0.05) is 25.4 Å². The van der Waals surface area contributed by atoms with E-state index in [1.165, 1.54) is 0 Å².